The van der Waals surface area contributed by atoms with Crippen molar-refractivity contribution in [2.24, 2.45) is 5.92 Å². The molecular weight excluding hydrogens is 250 g/mol. The van der Waals surface area contributed by atoms with Crippen molar-refractivity contribution in [1.82, 2.24) is 0 Å². The van der Waals surface area contributed by atoms with E-state index in [0.29, 0.717) is 10.7 Å². The van der Waals surface area contributed by atoms with Gasteiger partial charge in [0, 0.05) is 17.3 Å². The average Bonchev–Trinajstić information content (AvgIpc) is 2.29. The summed E-state index contributed by atoms with van der Waals surface area (Å²) in [6.45, 7) is 5.19. The molecule has 0 unspecified atom stereocenters. The molecule has 0 aromatic heterocycles. The Balaban J connectivity index is 2.49. The van der Waals surface area contributed by atoms with Crippen molar-refractivity contribution in [3.8, 4) is 0 Å². The molecule has 0 radical (unpaired) electrons. The lowest BCUT2D eigenvalue weighted by Crippen LogP contribution is -2.07. The monoisotopic (exact) mass is 269 g/mol. The summed E-state index contributed by atoms with van der Waals surface area (Å²) in [7, 11) is 0. The van der Waals surface area contributed by atoms with Crippen LogP contribution in [0, 0.1) is 5.92 Å². The summed E-state index contributed by atoms with van der Waals surface area (Å²) in [4.78, 5) is 11.1. The van der Waals surface area contributed by atoms with Gasteiger partial charge in [-0.05, 0) is 30.5 Å². The topological polar surface area (TPSA) is 49.3 Å². The molecule has 0 bridgehead atoms. The highest BCUT2D eigenvalue weighted by atomic mass is 35.5. The highest BCUT2D eigenvalue weighted by Gasteiger charge is 2.10. The van der Waals surface area contributed by atoms with Crippen molar-refractivity contribution in [1.29, 1.82) is 0 Å². The van der Waals surface area contributed by atoms with Gasteiger partial charge in [0.2, 0.25) is 0 Å². The first-order valence-electron chi connectivity index (χ1n) is 6.27. The van der Waals surface area contributed by atoms with E-state index in [2.05, 4.69) is 19.2 Å². The molecule has 0 fully saturated rings. The van der Waals surface area contributed by atoms with Crippen molar-refractivity contribution in [2.45, 2.75) is 33.1 Å². The van der Waals surface area contributed by atoms with Crippen molar-refractivity contribution in [3.63, 3.8) is 0 Å². The summed E-state index contributed by atoms with van der Waals surface area (Å²) in [6.07, 6.45) is 3.40. The number of unbranched alkanes of at least 4 members (excludes halogenated alkanes) is 1. The van der Waals surface area contributed by atoms with E-state index in [9.17, 15) is 4.79 Å². The van der Waals surface area contributed by atoms with Crippen LogP contribution in [0.2, 0.25) is 5.02 Å². The Morgan fingerprint density at radius 1 is 1.39 bits per heavy atom. The molecule has 1 rings (SSSR count). The molecule has 0 saturated carbocycles. The number of nitrogens with one attached hydrogen (secondary N) is 1. The summed E-state index contributed by atoms with van der Waals surface area (Å²) in [5, 5.41) is 12.7. The lowest BCUT2D eigenvalue weighted by atomic mass is 10.1. The minimum absolute atomic E-state index is 0.228. The fourth-order valence-corrected chi connectivity index (χ4v) is 1.92. The molecule has 0 aliphatic rings. The van der Waals surface area contributed by atoms with Crippen LogP contribution in [0.5, 0.6) is 0 Å². The number of hydrogen-bond donors (Lipinski definition) is 2. The molecule has 0 aliphatic carbocycles. The SMILES string of the molecule is CC(C)CCCCNc1ccc(Cl)cc1C(=O)O. The van der Waals surface area contributed by atoms with E-state index in [4.69, 9.17) is 16.7 Å². The van der Waals surface area contributed by atoms with Crippen molar-refractivity contribution in [2.75, 3.05) is 11.9 Å². The molecule has 0 aliphatic heterocycles. The third-order valence-electron chi connectivity index (χ3n) is 2.74. The maximum absolute atomic E-state index is 11.1. The van der Waals surface area contributed by atoms with Gasteiger partial charge in [0.05, 0.1) is 5.56 Å². The third-order valence-corrected chi connectivity index (χ3v) is 2.97. The van der Waals surface area contributed by atoms with Crippen LogP contribution in [0.3, 0.4) is 0 Å². The number of rotatable bonds is 7. The van der Waals surface area contributed by atoms with Crippen LogP contribution >= 0.6 is 11.6 Å². The van der Waals surface area contributed by atoms with E-state index in [1.54, 1.807) is 12.1 Å². The van der Waals surface area contributed by atoms with Gasteiger partial charge in [0.1, 0.15) is 0 Å². The van der Waals surface area contributed by atoms with E-state index < -0.39 is 5.97 Å². The predicted octanol–water partition coefficient (Wildman–Crippen LogP) is 4.28. The van der Waals surface area contributed by atoms with Crippen molar-refractivity contribution < 1.29 is 9.90 Å². The lowest BCUT2D eigenvalue weighted by molar-refractivity contribution is 0.0698. The summed E-state index contributed by atoms with van der Waals surface area (Å²) >= 11 is 5.79. The highest BCUT2D eigenvalue weighted by molar-refractivity contribution is 6.31. The molecule has 0 heterocycles. The molecule has 0 saturated heterocycles. The molecule has 0 amide bonds. The standard InChI is InChI=1S/C14H20ClNO2/c1-10(2)5-3-4-8-16-13-7-6-11(15)9-12(13)14(17)18/h6-7,9-10,16H,3-5,8H2,1-2H3,(H,17,18). The van der Waals surface area contributed by atoms with Gasteiger partial charge in [-0.1, -0.05) is 38.3 Å². The van der Waals surface area contributed by atoms with Crippen molar-refractivity contribution in [3.05, 3.63) is 28.8 Å². The molecule has 0 atom stereocenters. The zero-order chi connectivity index (χ0) is 13.5. The Labute approximate surface area is 113 Å². The first-order chi connectivity index (χ1) is 8.50. The van der Waals surface area contributed by atoms with E-state index in [-0.39, 0.29) is 5.56 Å². The quantitative estimate of drug-likeness (QED) is 0.727. The number of aromatic carboxylic acids is 1. The van der Waals surface area contributed by atoms with Gasteiger partial charge in [-0.2, -0.15) is 0 Å². The van der Waals surface area contributed by atoms with Gasteiger partial charge < -0.3 is 10.4 Å². The average molecular weight is 270 g/mol. The van der Waals surface area contributed by atoms with Gasteiger partial charge in [-0.15, -0.1) is 0 Å². The molecule has 3 nitrogen and oxygen atoms in total. The number of hydrogen-bond acceptors (Lipinski definition) is 2. The molecule has 1 aromatic carbocycles. The number of carboxylic acids is 1. The van der Waals surface area contributed by atoms with Gasteiger partial charge >= 0.3 is 5.97 Å². The number of anilines is 1. The Hall–Kier alpha value is -1.22. The Morgan fingerprint density at radius 2 is 2.11 bits per heavy atom. The summed E-state index contributed by atoms with van der Waals surface area (Å²) in [6, 6.07) is 4.89. The molecule has 4 heteroatoms. The first-order valence-corrected chi connectivity index (χ1v) is 6.65. The second kappa shape index (κ2) is 7.27. The largest absolute Gasteiger partial charge is 0.478 e. The molecular formula is C14H20ClNO2. The Morgan fingerprint density at radius 3 is 2.72 bits per heavy atom. The van der Waals surface area contributed by atoms with Crippen LogP contribution in [-0.4, -0.2) is 17.6 Å². The van der Waals surface area contributed by atoms with Crippen LogP contribution in [-0.2, 0) is 0 Å². The third kappa shape index (κ3) is 4.96. The number of carbonyl (C=O) groups is 1. The van der Waals surface area contributed by atoms with E-state index in [0.717, 1.165) is 25.3 Å². The van der Waals surface area contributed by atoms with Crippen LogP contribution < -0.4 is 5.32 Å². The van der Waals surface area contributed by atoms with Crippen molar-refractivity contribution >= 4 is 23.3 Å². The maximum atomic E-state index is 11.1. The van der Waals surface area contributed by atoms with Crippen LogP contribution in [0.25, 0.3) is 0 Å². The van der Waals surface area contributed by atoms with E-state index >= 15 is 0 Å². The van der Waals surface area contributed by atoms with E-state index in [1.165, 1.54) is 12.5 Å². The smallest absolute Gasteiger partial charge is 0.337 e. The first kappa shape index (κ1) is 14.8. The second-order valence-corrected chi connectivity index (χ2v) is 5.25. The lowest BCUT2D eigenvalue weighted by Gasteiger charge is -2.10. The van der Waals surface area contributed by atoms with Gasteiger partial charge in [-0.3, -0.25) is 0 Å². The normalized spacial score (nSPS) is 10.7. The van der Waals surface area contributed by atoms with E-state index in [1.807, 2.05) is 0 Å². The van der Waals surface area contributed by atoms with Crippen LogP contribution in [0.15, 0.2) is 18.2 Å². The van der Waals surface area contributed by atoms with Gasteiger partial charge in [0.15, 0.2) is 0 Å². The highest BCUT2D eigenvalue weighted by Crippen LogP contribution is 2.20. The Bertz CT molecular complexity index is 405. The van der Waals surface area contributed by atoms with Gasteiger partial charge in [0.25, 0.3) is 0 Å². The molecule has 2 N–H and O–H groups in total. The maximum Gasteiger partial charge on any atom is 0.337 e. The zero-order valence-electron chi connectivity index (χ0n) is 10.9. The predicted molar refractivity (Wildman–Crippen MR) is 75.6 cm³/mol. The minimum Gasteiger partial charge on any atom is -0.478 e. The minimum atomic E-state index is -0.956. The number of halogens is 1. The fourth-order valence-electron chi connectivity index (χ4n) is 1.75. The zero-order valence-corrected chi connectivity index (χ0v) is 11.6. The molecule has 1 aromatic rings. The van der Waals surface area contributed by atoms with Crippen LogP contribution in [0.1, 0.15) is 43.5 Å². The number of carboxylic acid groups (broad SMARTS) is 1. The molecule has 100 valence electrons. The molecule has 18 heavy (non-hydrogen) atoms. The second-order valence-electron chi connectivity index (χ2n) is 4.81. The molecule has 0 spiro atoms. The fraction of sp³-hybridized carbons (Fsp3) is 0.500. The summed E-state index contributed by atoms with van der Waals surface area (Å²) in [5.74, 6) is -0.239. The number of benzene rings is 1. The Kier molecular flexibility index (Phi) is 5.99. The summed E-state index contributed by atoms with van der Waals surface area (Å²) < 4.78 is 0. The van der Waals surface area contributed by atoms with Gasteiger partial charge in [-0.25, -0.2) is 4.79 Å². The summed E-state index contributed by atoms with van der Waals surface area (Å²) in [5.41, 5.74) is 0.864. The van der Waals surface area contributed by atoms with Crippen LogP contribution in [0.4, 0.5) is 5.69 Å².